The fraction of sp³-hybridized carbons (Fsp3) is 0.389. The number of hydrogen-bond donors (Lipinski definition) is 1. The van der Waals surface area contributed by atoms with Gasteiger partial charge >= 0.3 is 5.97 Å². The third kappa shape index (κ3) is 3.67. The minimum absolute atomic E-state index is 0.0237. The Bertz CT molecular complexity index is 912. The number of nitrogens with zero attached hydrogens (tertiary/aromatic N) is 4. The Balaban J connectivity index is 1.72. The number of carboxylic acid groups (broad SMARTS) is 1. The largest absolute Gasteiger partial charge is 0.478 e. The Labute approximate surface area is 155 Å². The average Bonchev–Trinajstić information content (AvgIpc) is 3.11. The summed E-state index contributed by atoms with van der Waals surface area (Å²) in [6.45, 7) is 4.38. The number of likely N-dealkylation sites (tertiary alicyclic amines) is 1. The number of nitro benzene ring substituents is 1. The molecular weight excluding hydrogens is 352 g/mol. The first-order valence-electron chi connectivity index (χ1n) is 8.60. The number of rotatable bonds is 4. The lowest BCUT2D eigenvalue weighted by Gasteiger charge is -2.32. The molecule has 27 heavy (non-hydrogen) atoms. The third-order valence-corrected chi connectivity index (χ3v) is 4.94. The number of carbonyl (C=O) groups excluding carboxylic acids is 1. The van der Waals surface area contributed by atoms with E-state index in [0.29, 0.717) is 42.6 Å². The van der Waals surface area contributed by atoms with Crippen LogP contribution in [0.1, 0.15) is 50.7 Å². The molecule has 1 aliphatic rings. The number of aromatic carboxylic acids is 1. The molecule has 2 heterocycles. The number of carbonyl (C=O) groups is 2. The first-order valence-corrected chi connectivity index (χ1v) is 8.60. The minimum Gasteiger partial charge on any atom is -0.478 e. The highest BCUT2D eigenvalue weighted by Gasteiger charge is 2.27. The first kappa shape index (κ1) is 18.6. The molecule has 1 N–H and O–H groups in total. The van der Waals surface area contributed by atoms with Crippen molar-refractivity contribution < 1.29 is 19.6 Å². The molecule has 0 bridgehead atoms. The number of aryl methyl sites for hydroxylation is 2. The topological polar surface area (TPSA) is 119 Å². The standard InChI is InChI=1S/C18H20N4O5/c1-11-7-12(2)16(22(26)27)8-15(11)17(23)20-5-3-14(4-6-20)21-10-13(9-19-21)18(24)25/h7-10,14H,3-6H2,1-2H3,(H,24,25). The molecule has 2 aromatic rings. The summed E-state index contributed by atoms with van der Waals surface area (Å²) in [6, 6.07) is 3.04. The Morgan fingerprint density at radius 1 is 1.22 bits per heavy atom. The van der Waals surface area contributed by atoms with Crippen LogP contribution < -0.4 is 0 Å². The van der Waals surface area contributed by atoms with Crippen molar-refractivity contribution in [2.24, 2.45) is 0 Å². The molecule has 0 saturated carbocycles. The van der Waals surface area contributed by atoms with Gasteiger partial charge in [-0.05, 0) is 38.3 Å². The van der Waals surface area contributed by atoms with E-state index in [0.717, 1.165) is 0 Å². The zero-order valence-corrected chi connectivity index (χ0v) is 15.1. The summed E-state index contributed by atoms with van der Waals surface area (Å²) in [6.07, 6.45) is 4.09. The van der Waals surface area contributed by atoms with Crippen LogP contribution in [0.4, 0.5) is 5.69 Å². The van der Waals surface area contributed by atoms with Crippen molar-refractivity contribution in [3.05, 3.63) is 56.9 Å². The summed E-state index contributed by atoms with van der Waals surface area (Å²) in [5.74, 6) is -1.24. The van der Waals surface area contributed by atoms with Gasteiger partial charge in [0, 0.05) is 36.5 Å². The summed E-state index contributed by atoms with van der Waals surface area (Å²) in [5, 5.41) is 24.3. The van der Waals surface area contributed by atoms with E-state index >= 15 is 0 Å². The predicted molar refractivity (Wildman–Crippen MR) is 95.9 cm³/mol. The molecule has 1 aromatic carbocycles. The monoisotopic (exact) mass is 372 g/mol. The van der Waals surface area contributed by atoms with Gasteiger partial charge in [-0.15, -0.1) is 0 Å². The van der Waals surface area contributed by atoms with Crippen molar-refractivity contribution in [3.63, 3.8) is 0 Å². The number of aromatic nitrogens is 2. The number of nitro groups is 1. The zero-order chi connectivity index (χ0) is 19.7. The van der Waals surface area contributed by atoms with Gasteiger partial charge in [0.2, 0.25) is 0 Å². The molecule has 1 saturated heterocycles. The Kier molecular flexibility index (Phi) is 4.93. The van der Waals surface area contributed by atoms with Gasteiger partial charge in [0.1, 0.15) is 0 Å². The lowest BCUT2D eigenvalue weighted by Crippen LogP contribution is -2.39. The van der Waals surface area contributed by atoms with Gasteiger partial charge in [0.05, 0.1) is 22.7 Å². The normalized spacial score (nSPS) is 15.0. The second-order valence-corrected chi connectivity index (χ2v) is 6.75. The van der Waals surface area contributed by atoms with Crippen molar-refractivity contribution in [1.29, 1.82) is 0 Å². The molecule has 3 rings (SSSR count). The molecule has 9 nitrogen and oxygen atoms in total. The van der Waals surface area contributed by atoms with Crippen LogP contribution in [0.5, 0.6) is 0 Å². The van der Waals surface area contributed by atoms with Gasteiger partial charge in [0.15, 0.2) is 0 Å². The summed E-state index contributed by atoms with van der Waals surface area (Å²) >= 11 is 0. The molecule has 0 radical (unpaired) electrons. The van der Waals surface area contributed by atoms with E-state index in [1.54, 1.807) is 29.5 Å². The fourth-order valence-electron chi connectivity index (χ4n) is 3.42. The molecule has 1 fully saturated rings. The van der Waals surface area contributed by atoms with Crippen LogP contribution >= 0.6 is 0 Å². The van der Waals surface area contributed by atoms with E-state index in [9.17, 15) is 19.7 Å². The summed E-state index contributed by atoms with van der Waals surface area (Å²) in [5.41, 5.74) is 1.66. The van der Waals surface area contributed by atoms with Crippen LogP contribution in [0.25, 0.3) is 0 Å². The van der Waals surface area contributed by atoms with E-state index in [4.69, 9.17) is 5.11 Å². The highest BCUT2D eigenvalue weighted by Crippen LogP contribution is 2.27. The molecule has 0 unspecified atom stereocenters. The van der Waals surface area contributed by atoms with Crippen LogP contribution in [0.15, 0.2) is 24.5 Å². The van der Waals surface area contributed by atoms with Crippen molar-refractivity contribution in [2.75, 3.05) is 13.1 Å². The van der Waals surface area contributed by atoms with E-state index in [2.05, 4.69) is 5.10 Å². The lowest BCUT2D eigenvalue weighted by atomic mass is 10.00. The summed E-state index contributed by atoms with van der Waals surface area (Å²) < 4.78 is 1.63. The maximum absolute atomic E-state index is 12.8. The molecule has 0 aliphatic carbocycles. The van der Waals surface area contributed by atoms with Gasteiger partial charge in [0.25, 0.3) is 11.6 Å². The van der Waals surface area contributed by atoms with E-state index in [-0.39, 0.29) is 23.2 Å². The van der Waals surface area contributed by atoms with Crippen LogP contribution in [0.3, 0.4) is 0 Å². The first-order chi connectivity index (χ1) is 12.8. The zero-order valence-electron chi connectivity index (χ0n) is 15.1. The van der Waals surface area contributed by atoms with Crippen molar-refractivity contribution in [2.45, 2.75) is 32.7 Å². The molecule has 1 aliphatic heterocycles. The van der Waals surface area contributed by atoms with Gasteiger partial charge in [-0.2, -0.15) is 5.10 Å². The fourth-order valence-corrected chi connectivity index (χ4v) is 3.42. The second-order valence-electron chi connectivity index (χ2n) is 6.75. The molecule has 0 spiro atoms. The van der Waals surface area contributed by atoms with Crippen LogP contribution in [0, 0.1) is 24.0 Å². The molecule has 1 aromatic heterocycles. The quantitative estimate of drug-likeness (QED) is 0.651. The van der Waals surface area contributed by atoms with Gasteiger partial charge in [-0.3, -0.25) is 19.6 Å². The number of amides is 1. The summed E-state index contributed by atoms with van der Waals surface area (Å²) in [4.78, 5) is 36.2. The Morgan fingerprint density at radius 3 is 2.44 bits per heavy atom. The average molecular weight is 372 g/mol. The van der Waals surface area contributed by atoms with E-state index < -0.39 is 10.9 Å². The predicted octanol–water partition coefficient (Wildman–Crippen LogP) is 2.58. The second kappa shape index (κ2) is 7.18. The lowest BCUT2D eigenvalue weighted by molar-refractivity contribution is -0.385. The third-order valence-electron chi connectivity index (χ3n) is 4.94. The van der Waals surface area contributed by atoms with Crippen molar-refractivity contribution in [1.82, 2.24) is 14.7 Å². The van der Waals surface area contributed by atoms with Crippen LogP contribution in [-0.2, 0) is 0 Å². The Morgan fingerprint density at radius 2 is 1.89 bits per heavy atom. The van der Waals surface area contributed by atoms with Crippen molar-refractivity contribution >= 4 is 17.6 Å². The van der Waals surface area contributed by atoms with E-state index in [1.807, 2.05) is 0 Å². The number of hydrogen-bond acceptors (Lipinski definition) is 5. The molecule has 142 valence electrons. The molecular formula is C18H20N4O5. The summed E-state index contributed by atoms with van der Waals surface area (Å²) in [7, 11) is 0. The SMILES string of the molecule is Cc1cc(C)c([N+](=O)[O-])cc1C(=O)N1CCC(n2cc(C(=O)O)cn2)CC1. The number of carboxylic acids is 1. The highest BCUT2D eigenvalue weighted by atomic mass is 16.6. The molecule has 1 amide bonds. The minimum atomic E-state index is -1.02. The number of piperidine rings is 1. The maximum Gasteiger partial charge on any atom is 0.338 e. The van der Waals surface area contributed by atoms with Gasteiger partial charge < -0.3 is 10.0 Å². The van der Waals surface area contributed by atoms with Gasteiger partial charge in [-0.25, -0.2) is 4.79 Å². The van der Waals surface area contributed by atoms with E-state index in [1.165, 1.54) is 18.5 Å². The van der Waals surface area contributed by atoms with Crippen molar-refractivity contribution in [3.8, 4) is 0 Å². The van der Waals surface area contributed by atoms with Gasteiger partial charge in [-0.1, -0.05) is 0 Å². The Hall–Kier alpha value is -3.23. The molecule has 9 heteroatoms. The number of benzene rings is 1. The maximum atomic E-state index is 12.8. The smallest absolute Gasteiger partial charge is 0.338 e. The molecule has 0 atom stereocenters. The van der Waals surface area contributed by atoms with Crippen LogP contribution in [-0.4, -0.2) is 49.7 Å². The highest BCUT2D eigenvalue weighted by molar-refractivity contribution is 5.96. The van der Waals surface area contributed by atoms with Crippen LogP contribution in [0.2, 0.25) is 0 Å².